The second-order valence-electron chi connectivity index (χ2n) is 5.24. The third-order valence-electron chi connectivity index (χ3n) is 3.61. The first-order chi connectivity index (χ1) is 10.1. The van der Waals surface area contributed by atoms with Gasteiger partial charge in [0, 0.05) is 6.42 Å². The van der Waals surface area contributed by atoms with Crippen molar-refractivity contribution in [3.05, 3.63) is 71.0 Å². The van der Waals surface area contributed by atoms with Crippen LogP contribution in [-0.2, 0) is 11.2 Å². The molecule has 0 radical (unpaired) electrons. The summed E-state index contributed by atoms with van der Waals surface area (Å²) in [6.07, 6.45) is 0.705. The third-order valence-corrected chi connectivity index (χ3v) is 3.61. The van der Waals surface area contributed by atoms with Gasteiger partial charge in [-0.05, 0) is 43.0 Å². The molecule has 2 nitrogen and oxygen atoms in total. The van der Waals surface area contributed by atoms with E-state index in [4.69, 9.17) is 0 Å². The Labute approximate surface area is 125 Å². The molecule has 0 fully saturated rings. The SMILES string of the molecule is Cc1ccccc1[C@H](C)NC(=O)CCc1ccccc1F. The van der Waals surface area contributed by atoms with Gasteiger partial charge >= 0.3 is 0 Å². The lowest BCUT2D eigenvalue weighted by molar-refractivity contribution is -0.121. The number of hydrogen-bond donors (Lipinski definition) is 1. The smallest absolute Gasteiger partial charge is 0.220 e. The lowest BCUT2D eigenvalue weighted by atomic mass is 10.0. The molecule has 1 amide bonds. The molecule has 1 atom stereocenters. The quantitative estimate of drug-likeness (QED) is 0.885. The van der Waals surface area contributed by atoms with E-state index in [-0.39, 0.29) is 24.2 Å². The van der Waals surface area contributed by atoms with Crippen LogP contribution in [0.3, 0.4) is 0 Å². The second kappa shape index (κ2) is 7.02. The normalized spacial score (nSPS) is 12.0. The number of rotatable bonds is 5. The van der Waals surface area contributed by atoms with Gasteiger partial charge in [-0.3, -0.25) is 4.79 Å². The van der Waals surface area contributed by atoms with Gasteiger partial charge in [0.05, 0.1) is 6.04 Å². The van der Waals surface area contributed by atoms with Crippen molar-refractivity contribution in [1.29, 1.82) is 0 Å². The van der Waals surface area contributed by atoms with E-state index in [1.807, 2.05) is 38.1 Å². The number of amides is 1. The molecule has 0 unspecified atom stereocenters. The molecule has 1 N–H and O–H groups in total. The molecular weight excluding hydrogens is 265 g/mol. The van der Waals surface area contributed by atoms with Crippen LogP contribution < -0.4 is 5.32 Å². The van der Waals surface area contributed by atoms with Crippen LogP contribution in [0.5, 0.6) is 0 Å². The summed E-state index contributed by atoms with van der Waals surface area (Å²) in [5.41, 5.74) is 2.84. The number of benzene rings is 2. The first-order valence-electron chi connectivity index (χ1n) is 7.16. The fourth-order valence-electron chi connectivity index (χ4n) is 2.41. The Hall–Kier alpha value is -2.16. The molecule has 0 saturated heterocycles. The Morgan fingerprint density at radius 2 is 1.81 bits per heavy atom. The molecule has 110 valence electrons. The van der Waals surface area contributed by atoms with Gasteiger partial charge < -0.3 is 5.32 Å². The molecule has 3 heteroatoms. The second-order valence-corrected chi connectivity index (χ2v) is 5.24. The Kier molecular flexibility index (Phi) is 5.09. The number of aryl methyl sites for hydroxylation is 2. The van der Waals surface area contributed by atoms with Crippen molar-refractivity contribution in [3.8, 4) is 0 Å². The van der Waals surface area contributed by atoms with Gasteiger partial charge in [-0.1, -0.05) is 42.5 Å². The van der Waals surface area contributed by atoms with Crippen LogP contribution in [0.15, 0.2) is 48.5 Å². The zero-order valence-electron chi connectivity index (χ0n) is 12.4. The highest BCUT2D eigenvalue weighted by Crippen LogP contribution is 2.17. The van der Waals surface area contributed by atoms with E-state index >= 15 is 0 Å². The summed E-state index contributed by atoms with van der Waals surface area (Å²) in [5, 5.41) is 2.97. The first kappa shape index (κ1) is 15.2. The van der Waals surface area contributed by atoms with Crippen molar-refractivity contribution in [2.45, 2.75) is 32.7 Å². The molecule has 2 aromatic carbocycles. The van der Waals surface area contributed by atoms with Crippen molar-refractivity contribution in [1.82, 2.24) is 5.32 Å². The van der Waals surface area contributed by atoms with E-state index in [2.05, 4.69) is 5.32 Å². The van der Waals surface area contributed by atoms with Crippen LogP contribution >= 0.6 is 0 Å². The maximum absolute atomic E-state index is 13.5. The van der Waals surface area contributed by atoms with Gasteiger partial charge in [0.2, 0.25) is 5.91 Å². The maximum atomic E-state index is 13.5. The average Bonchev–Trinajstić information content (AvgIpc) is 2.46. The Morgan fingerprint density at radius 1 is 1.14 bits per heavy atom. The van der Waals surface area contributed by atoms with Crippen LogP contribution in [0, 0.1) is 12.7 Å². The lowest BCUT2D eigenvalue weighted by Crippen LogP contribution is -2.27. The summed E-state index contributed by atoms with van der Waals surface area (Å²) < 4.78 is 13.5. The van der Waals surface area contributed by atoms with Crippen molar-refractivity contribution < 1.29 is 9.18 Å². The van der Waals surface area contributed by atoms with Crippen LogP contribution in [0.4, 0.5) is 4.39 Å². The molecule has 2 rings (SSSR count). The van der Waals surface area contributed by atoms with Crippen molar-refractivity contribution in [3.63, 3.8) is 0 Å². The summed E-state index contributed by atoms with van der Waals surface area (Å²) in [5.74, 6) is -0.314. The van der Waals surface area contributed by atoms with Crippen LogP contribution in [0.25, 0.3) is 0 Å². The van der Waals surface area contributed by atoms with Gasteiger partial charge in [0.15, 0.2) is 0 Å². The van der Waals surface area contributed by atoms with E-state index < -0.39 is 0 Å². The zero-order chi connectivity index (χ0) is 15.2. The van der Waals surface area contributed by atoms with Crippen molar-refractivity contribution in [2.75, 3.05) is 0 Å². The Morgan fingerprint density at radius 3 is 2.52 bits per heavy atom. The summed E-state index contributed by atoms with van der Waals surface area (Å²) in [6.45, 7) is 3.99. The van der Waals surface area contributed by atoms with Crippen molar-refractivity contribution in [2.24, 2.45) is 0 Å². The van der Waals surface area contributed by atoms with E-state index in [0.717, 1.165) is 11.1 Å². The van der Waals surface area contributed by atoms with Crippen molar-refractivity contribution >= 4 is 5.91 Å². The highest BCUT2D eigenvalue weighted by atomic mass is 19.1. The number of carbonyl (C=O) groups excluding carboxylic acids is 1. The van der Waals surface area contributed by atoms with Crippen LogP contribution in [0.2, 0.25) is 0 Å². The first-order valence-corrected chi connectivity index (χ1v) is 7.16. The molecule has 0 spiro atoms. The molecule has 0 bridgehead atoms. The monoisotopic (exact) mass is 285 g/mol. The van der Waals surface area contributed by atoms with Gasteiger partial charge in [-0.2, -0.15) is 0 Å². The highest BCUT2D eigenvalue weighted by molar-refractivity contribution is 5.76. The summed E-state index contributed by atoms with van der Waals surface area (Å²) in [4.78, 5) is 12.0. The van der Waals surface area contributed by atoms with E-state index in [1.54, 1.807) is 18.2 Å². The van der Waals surface area contributed by atoms with E-state index in [0.29, 0.717) is 12.0 Å². The number of carbonyl (C=O) groups is 1. The summed E-state index contributed by atoms with van der Waals surface area (Å²) >= 11 is 0. The molecule has 0 saturated carbocycles. The predicted octanol–water partition coefficient (Wildman–Crippen LogP) is 3.94. The van der Waals surface area contributed by atoms with Gasteiger partial charge in [-0.25, -0.2) is 4.39 Å². The minimum Gasteiger partial charge on any atom is -0.350 e. The van der Waals surface area contributed by atoms with E-state index in [9.17, 15) is 9.18 Å². The minimum absolute atomic E-state index is 0.0423. The predicted molar refractivity (Wildman–Crippen MR) is 82.5 cm³/mol. The zero-order valence-corrected chi connectivity index (χ0v) is 12.4. The summed E-state index contributed by atoms with van der Waals surface area (Å²) in [7, 11) is 0. The Balaban J connectivity index is 1.90. The van der Waals surface area contributed by atoms with Gasteiger partial charge in [0.25, 0.3) is 0 Å². The topological polar surface area (TPSA) is 29.1 Å². The molecule has 2 aromatic rings. The number of hydrogen-bond acceptors (Lipinski definition) is 1. The lowest BCUT2D eigenvalue weighted by Gasteiger charge is -2.16. The molecular formula is C18H20FNO. The van der Waals surface area contributed by atoms with Crippen LogP contribution in [0.1, 0.15) is 36.1 Å². The number of halogens is 1. The number of nitrogens with one attached hydrogen (secondary N) is 1. The Bertz CT molecular complexity index is 624. The van der Waals surface area contributed by atoms with Crippen LogP contribution in [-0.4, -0.2) is 5.91 Å². The van der Waals surface area contributed by atoms with Gasteiger partial charge in [-0.15, -0.1) is 0 Å². The molecule has 0 aliphatic carbocycles. The fourth-order valence-corrected chi connectivity index (χ4v) is 2.41. The average molecular weight is 285 g/mol. The minimum atomic E-state index is -0.253. The molecule has 0 aliphatic rings. The molecule has 0 aromatic heterocycles. The standard InChI is InChI=1S/C18H20FNO/c1-13-7-3-5-9-16(13)14(2)20-18(21)12-11-15-8-4-6-10-17(15)19/h3-10,14H,11-12H2,1-2H3,(H,20,21)/t14-/m0/s1. The highest BCUT2D eigenvalue weighted by Gasteiger charge is 2.12. The molecule has 0 heterocycles. The van der Waals surface area contributed by atoms with E-state index in [1.165, 1.54) is 6.07 Å². The molecule has 0 aliphatic heterocycles. The molecule has 21 heavy (non-hydrogen) atoms. The fraction of sp³-hybridized carbons (Fsp3) is 0.278. The summed E-state index contributed by atoms with van der Waals surface area (Å²) in [6, 6.07) is 14.5. The largest absolute Gasteiger partial charge is 0.350 e. The van der Waals surface area contributed by atoms with Gasteiger partial charge in [0.1, 0.15) is 5.82 Å². The maximum Gasteiger partial charge on any atom is 0.220 e. The third kappa shape index (κ3) is 4.15.